The fourth-order valence-corrected chi connectivity index (χ4v) is 17.6. The maximum absolute atomic E-state index is 13.7. The number of nitrogens with two attached hydrogens (primary N) is 1. The topological polar surface area (TPSA) is 72.6 Å². The zero-order valence-corrected chi connectivity index (χ0v) is 21.4. The Hall–Kier alpha value is -1.08. The molecule has 6 heteroatoms. The molecule has 0 spiro atoms. The van der Waals surface area contributed by atoms with Gasteiger partial charge in [0.1, 0.15) is 0 Å². The summed E-state index contributed by atoms with van der Waals surface area (Å²) in [7, 11) is 0. The van der Waals surface area contributed by atoms with Crippen LogP contribution in [0.2, 0.25) is 8.87 Å². The third-order valence-corrected chi connectivity index (χ3v) is 17.9. The van der Waals surface area contributed by atoms with E-state index in [0.29, 0.717) is 18.8 Å². The molecule has 2 N–H and O–H groups in total. The van der Waals surface area contributed by atoms with Crippen LogP contribution in [0.1, 0.15) is 65.4 Å². The molecule has 1 aliphatic heterocycles. The van der Waals surface area contributed by atoms with Crippen molar-refractivity contribution < 1.29 is 12.7 Å². The predicted octanol–water partition coefficient (Wildman–Crippen LogP) is 4.40. The summed E-state index contributed by atoms with van der Waals surface area (Å²) in [5.41, 5.74) is 7.47. The van der Waals surface area contributed by atoms with Crippen molar-refractivity contribution in [2.24, 2.45) is 11.7 Å². The van der Waals surface area contributed by atoms with Crippen molar-refractivity contribution in [2.45, 2.75) is 87.2 Å². The van der Waals surface area contributed by atoms with Gasteiger partial charge in [-0.15, -0.1) is 0 Å². The van der Waals surface area contributed by atoms with Crippen molar-refractivity contribution in [3.63, 3.8) is 0 Å². The minimum absolute atomic E-state index is 0.0756. The van der Waals surface area contributed by atoms with Crippen LogP contribution in [0.25, 0.3) is 0 Å². The number of amides is 1. The summed E-state index contributed by atoms with van der Waals surface area (Å²) in [6.45, 7) is 8.48. The van der Waals surface area contributed by atoms with Gasteiger partial charge >= 0.3 is 181 Å². The normalized spacial score (nSPS) is 19.4. The molecule has 1 aromatic rings. The standard InChI is InChI=1S/C15H22N2O3.2C4H9.Sn/c1-10(2)8-13(15(19)20)17-14(18)12(16)9-11-6-4-3-5-7-11;2*1-3-4-2;/h3-7,10,12-13H,8-9,16H2,1-2H3,(H2,17,18,19,20);2*1,3-4H2,2H3;/q;;;+2/p-2/t12-,13-;;;/m0.../s1. The van der Waals surface area contributed by atoms with E-state index in [9.17, 15) is 9.59 Å². The number of nitrogens with zero attached hydrogens (tertiary/aromatic N) is 1. The number of carbonyl (C=O) groups excluding carboxylic acids is 2. The summed E-state index contributed by atoms with van der Waals surface area (Å²) < 4.78 is 9.94. The first kappa shape index (κ1) is 24.2. The zero-order chi connectivity index (χ0) is 21.4. The number of hydrogen-bond donors (Lipinski definition) is 1. The summed E-state index contributed by atoms with van der Waals surface area (Å²) >= 11 is -3.62. The summed E-state index contributed by atoms with van der Waals surface area (Å²) in [4.78, 5) is 26.6. The van der Waals surface area contributed by atoms with Crippen LogP contribution in [-0.2, 0) is 19.1 Å². The minimum atomic E-state index is -3.62. The SMILES string of the molecule is CCC[CH2][Sn]1([CH2]CCC)[O]C(=O)[C@H](CC(C)C)[N]1C(=O)[C@@H](N)Cc1ccccc1. The third kappa shape index (κ3) is 6.20. The first-order valence-electron chi connectivity index (χ1n) is 11.2. The molecule has 0 unspecified atom stereocenters. The van der Waals surface area contributed by atoms with E-state index in [1.54, 1.807) is 0 Å². The number of rotatable bonds is 11. The summed E-state index contributed by atoms with van der Waals surface area (Å²) in [6, 6.07) is 8.78. The fourth-order valence-electron chi connectivity index (χ4n) is 4.20. The Balaban J connectivity index is 2.35. The van der Waals surface area contributed by atoms with Crippen molar-refractivity contribution in [1.29, 1.82) is 0 Å². The first-order valence-corrected chi connectivity index (χ1v) is 17.7. The van der Waals surface area contributed by atoms with E-state index < -0.39 is 31.1 Å². The maximum atomic E-state index is 13.7. The molecular formula is C23H38N2O3Sn. The van der Waals surface area contributed by atoms with Crippen molar-refractivity contribution >= 4 is 30.9 Å². The number of unbranched alkanes of at least 4 members (excludes halogenated alkanes) is 2. The number of benzene rings is 1. The second kappa shape index (κ2) is 11.3. The molecule has 0 aliphatic carbocycles. The molecule has 1 amide bonds. The van der Waals surface area contributed by atoms with Crippen LogP contribution in [0, 0.1) is 5.92 Å². The Morgan fingerprint density at radius 1 is 1.14 bits per heavy atom. The van der Waals surface area contributed by atoms with E-state index in [1.165, 1.54) is 0 Å². The van der Waals surface area contributed by atoms with E-state index in [2.05, 4.69) is 27.7 Å². The molecule has 1 aromatic carbocycles. The quantitative estimate of drug-likeness (QED) is 0.449. The monoisotopic (exact) mass is 510 g/mol. The van der Waals surface area contributed by atoms with Gasteiger partial charge in [0.25, 0.3) is 0 Å². The average Bonchev–Trinajstić information content (AvgIpc) is 2.96. The van der Waals surface area contributed by atoms with Gasteiger partial charge in [-0.1, -0.05) is 0 Å². The molecule has 162 valence electrons. The Morgan fingerprint density at radius 2 is 1.72 bits per heavy atom. The van der Waals surface area contributed by atoms with Crippen molar-refractivity contribution in [3.8, 4) is 0 Å². The van der Waals surface area contributed by atoms with Gasteiger partial charge in [0.05, 0.1) is 0 Å². The Bertz CT molecular complexity index is 657. The first-order chi connectivity index (χ1) is 13.8. The van der Waals surface area contributed by atoms with Gasteiger partial charge in [0.15, 0.2) is 0 Å². The molecule has 0 radical (unpaired) electrons. The van der Waals surface area contributed by atoms with E-state index in [4.69, 9.17) is 8.81 Å². The fraction of sp³-hybridized carbons (Fsp3) is 0.652. The van der Waals surface area contributed by atoms with Crippen LogP contribution in [-0.4, -0.2) is 46.1 Å². The molecule has 1 heterocycles. The summed E-state index contributed by atoms with van der Waals surface area (Å²) in [5.74, 6) is 0.0583. The zero-order valence-electron chi connectivity index (χ0n) is 18.5. The number of hydrogen-bond acceptors (Lipinski definition) is 4. The van der Waals surface area contributed by atoms with Crippen LogP contribution in [0.15, 0.2) is 30.3 Å². The predicted molar refractivity (Wildman–Crippen MR) is 119 cm³/mol. The second-order valence-corrected chi connectivity index (χ2v) is 18.9. The molecule has 1 aliphatic rings. The van der Waals surface area contributed by atoms with Crippen LogP contribution in [0.3, 0.4) is 0 Å². The van der Waals surface area contributed by atoms with Crippen LogP contribution in [0.4, 0.5) is 0 Å². The molecule has 0 aromatic heterocycles. The van der Waals surface area contributed by atoms with Crippen LogP contribution < -0.4 is 5.73 Å². The van der Waals surface area contributed by atoms with Gasteiger partial charge in [-0.25, -0.2) is 0 Å². The molecule has 1 fully saturated rings. The summed E-state index contributed by atoms with van der Waals surface area (Å²) in [5, 5.41) is 0. The molecule has 29 heavy (non-hydrogen) atoms. The second-order valence-electron chi connectivity index (χ2n) is 8.72. The Kier molecular flexibility index (Phi) is 9.47. The van der Waals surface area contributed by atoms with Crippen LogP contribution in [0.5, 0.6) is 0 Å². The average molecular weight is 509 g/mol. The molecule has 1 saturated heterocycles. The van der Waals surface area contributed by atoms with Gasteiger partial charge in [-0.3, -0.25) is 0 Å². The van der Waals surface area contributed by atoms with Crippen LogP contribution >= 0.6 is 0 Å². The summed E-state index contributed by atoms with van der Waals surface area (Å²) in [6.07, 6.45) is 5.21. The van der Waals surface area contributed by atoms with Gasteiger partial charge in [0.2, 0.25) is 0 Å². The van der Waals surface area contributed by atoms with E-state index in [0.717, 1.165) is 40.1 Å². The van der Waals surface area contributed by atoms with Gasteiger partial charge in [0, 0.05) is 0 Å². The number of carbonyl (C=O) groups is 2. The molecule has 0 bridgehead atoms. The van der Waals surface area contributed by atoms with E-state index in [-0.39, 0.29) is 11.9 Å². The van der Waals surface area contributed by atoms with Gasteiger partial charge in [-0.05, 0) is 0 Å². The molecule has 5 nitrogen and oxygen atoms in total. The molecular weight excluding hydrogens is 471 g/mol. The van der Waals surface area contributed by atoms with Gasteiger partial charge < -0.3 is 0 Å². The van der Waals surface area contributed by atoms with E-state index in [1.807, 2.05) is 33.5 Å². The Morgan fingerprint density at radius 3 is 2.24 bits per heavy atom. The van der Waals surface area contributed by atoms with Crippen molar-refractivity contribution in [3.05, 3.63) is 35.9 Å². The molecule has 2 rings (SSSR count). The Labute approximate surface area is 181 Å². The van der Waals surface area contributed by atoms with Gasteiger partial charge in [-0.2, -0.15) is 0 Å². The van der Waals surface area contributed by atoms with Crippen molar-refractivity contribution in [1.82, 2.24) is 3.12 Å². The van der Waals surface area contributed by atoms with E-state index >= 15 is 0 Å². The molecule has 2 atom stereocenters. The molecule has 0 saturated carbocycles. The third-order valence-electron chi connectivity index (χ3n) is 5.70. The van der Waals surface area contributed by atoms with Crippen molar-refractivity contribution in [2.75, 3.05) is 0 Å².